The van der Waals surface area contributed by atoms with Crippen LogP contribution in [0.1, 0.15) is 26.3 Å². The van der Waals surface area contributed by atoms with Crippen LogP contribution in [0.15, 0.2) is 30.5 Å². The first-order valence-electron chi connectivity index (χ1n) is 6.37. The van der Waals surface area contributed by atoms with Crippen LogP contribution in [-0.4, -0.2) is 27.1 Å². The van der Waals surface area contributed by atoms with Crippen molar-refractivity contribution in [3.63, 3.8) is 0 Å². The third-order valence-electron chi connectivity index (χ3n) is 2.50. The van der Waals surface area contributed by atoms with Crippen molar-refractivity contribution in [1.29, 1.82) is 0 Å². The quantitative estimate of drug-likeness (QED) is 0.901. The second-order valence-electron chi connectivity index (χ2n) is 5.41. The van der Waals surface area contributed by atoms with Gasteiger partial charge in [-0.15, -0.1) is 5.10 Å². The lowest BCUT2D eigenvalue weighted by molar-refractivity contribution is 0.0523. The molecule has 0 atom stereocenters. The Morgan fingerprint density at radius 1 is 1.30 bits per heavy atom. The molecule has 0 aliphatic carbocycles. The minimum atomic E-state index is -0.485. The van der Waals surface area contributed by atoms with Gasteiger partial charge in [0, 0.05) is 18.3 Å². The zero-order valence-electron chi connectivity index (χ0n) is 11.8. The first-order chi connectivity index (χ1) is 9.44. The number of nitrogens with zero attached hydrogens (tertiary/aromatic N) is 2. The normalized spacial score (nSPS) is 11.2. The van der Waals surface area contributed by atoms with Crippen molar-refractivity contribution in [2.45, 2.75) is 32.9 Å². The Morgan fingerprint density at radius 2 is 2.00 bits per heavy atom. The summed E-state index contributed by atoms with van der Waals surface area (Å²) in [5, 5.41) is 13.0. The van der Waals surface area contributed by atoms with Crippen LogP contribution in [-0.2, 0) is 11.3 Å². The van der Waals surface area contributed by atoms with E-state index in [1.54, 1.807) is 6.20 Å². The summed E-state index contributed by atoms with van der Waals surface area (Å²) in [6.07, 6.45) is 1.31. The summed E-state index contributed by atoms with van der Waals surface area (Å²) < 4.78 is 5.17. The fourth-order valence-corrected chi connectivity index (χ4v) is 1.62. The molecule has 0 saturated carbocycles. The molecular weight excluding hydrogens is 256 g/mol. The number of alkyl carbamates (subject to hydrolysis) is 1. The standard InChI is InChI=1S/C14H18N4O2/c1-14(2,3)20-13(19)15-8-10-4-6-11(7-5-10)12-9-16-18-17-12/h4-7,9H,8H2,1-3H3,(H,15,19)(H,16,17,18). The van der Waals surface area contributed by atoms with Crippen molar-refractivity contribution < 1.29 is 9.53 Å². The molecule has 106 valence electrons. The minimum Gasteiger partial charge on any atom is -0.444 e. The lowest BCUT2D eigenvalue weighted by Gasteiger charge is -2.19. The van der Waals surface area contributed by atoms with Crippen LogP contribution in [0.4, 0.5) is 4.79 Å². The fraction of sp³-hybridized carbons (Fsp3) is 0.357. The van der Waals surface area contributed by atoms with Crippen molar-refractivity contribution in [1.82, 2.24) is 20.7 Å². The van der Waals surface area contributed by atoms with Crippen LogP contribution >= 0.6 is 0 Å². The first-order valence-corrected chi connectivity index (χ1v) is 6.37. The first kappa shape index (κ1) is 14.0. The Labute approximate surface area is 117 Å². The van der Waals surface area contributed by atoms with Gasteiger partial charge in [-0.05, 0) is 26.3 Å². The Balaban J connectivity index is 1.90. The number of aromatic nitrogens is 3. The lowest BCUT2D eigenvalue weighted by atomic mass is 10.1. The SMILES string of the molecule is CC(C)(C)OC(=O)NCc1ccc(-c2c[nH]nn2)cc1. The van der Waals surface area contributed by atoms with Crippen molar-refractivity contribution in [3.05, 3.63) is 36.0 Å². The highest BCUT2D eigenvalue weighted by atomic mass is 16.6. The molecule has 0 fully saturated rings. The minimum absolute atomic E-state index is 0.418. The summed E-state index contributed by atoms with van der Waals surface area (Å²) in [5.41, 5.74) is 2.26. The average molecular weight is 274 g/mol. The molecule has 0 bridgehead atoms. The van der Waals surface area contributed by atoms with Crippen molar-refractivity contribution in [2.24, 2.45) is 0 Å². The number of H-pyrrole nitrogens is 1. The van der Waals surface area contributed by atoms with E-state index in [0.717, 1.165) is 16.8 Å². The highest BCUT2D eigenvalue weighted by molar-refractivity contribution is 5.67. The van der Waals surface area contributed by atoms with Gasteiger partial charge in [0.2, 0.25) is 0 Å². The molecule has 6 heteroatoms. The average Bonchev–Trinajstić information content (AvgIpc) is 2.89. The number of ether oxygens (including phenoxy) is 1. The van der Waals surface area contributed by atoms with Gasteiger partial charge in [0.05, 0.1) is 0 Å². The molecule has 2 rings (SSSR count). The van der Waals surface area contributed by atoms with Crippen molar-refractivity contribution in [2.75, 3.05) is 0 Å². The van der Waals surface area contributed by atoms with E-state index in [9.17, 15) is 4.79 Å². The molecule has 1 heterocycles. The van der Waals surface area contributed by atoms with Gasteiger partial charge in [0.25, 0.3) is 0 Å². The lowest BCUT2D eigenvalue weighted by Crippen LogP contribution is -2.32. The molecule has 20 heavy (non-hydrogen) atoms. The predicted molar refractivity (Wildman–Crippen MR) is 74.9 cm³/mol. The molecular formula is C14H18N4O2. The smallest absolute Gasteiger partial charge is 0.407 e. The molecule has 6 nitrogen and oxygen atoms in total. The summed E-state index contributed by atoms with van der Waals surface area (Å²) >= 11 is 0. The summed E-state index contributed by atoms with van der Waals surface area (Å²) in [6, 6.07) is 7.73. The zero-order chi connectivity index (χ0) is 14.6. The Morgan fingerprint density at radius 3 is 2.55 bits per heavy atom. The third-order valence-corrected chi connectivity index (χ3v) is 2.50. The number of carbonyl (C=O) groups excluding carboxylic acids is 1. The van der Waals surface area contributed by atoms with E-state index in [2.05, 4.69) is 20.7 Å². The Hall–Kier alpha value is -2.37. The summed E-state index contributed by atoms with van der Waals surface area (Å²) in [7, 11) is 0. The van der Waals surface area contributed by atoms with Gasteiger partial charge in [-0.1, -0.05) is 29.5 Å². The number of hydrogen-bond donors (Lipinski definition) is 2. The van der Waals surface area contributed by atoms with E-state index in [1.807, 2.05) is 45.0 Å². The number of aromatic amines is 1. The number of hydrogen-bond acceptors (Lipinski definition) is 4. The highest BCUT2D eigenvalue weighted by Gasteiger charge is 2.15. The molecule has 0 unspecified atom stereocenters. The Kier molecular flexibility index (Phi) is 4.02. The molecule has 0 radical (unpaired) electrons. The molecule has 0 aliphatic rings. The van der Waals surface area contributed by atoms with Crippen LogP contribution in [0, 0.1) is 0 Å². The van der Waals surface area contributed by atoms with Gasteiger partial charge in [-0.3, -0.25) is 5.10 Å². The zero-order valence-corrected chi connectivity index (χ0v) is 11.8. The Bertz CT molecular complexity index is 556. The molecule has 0 aliphatic heterocycles. The predicted octanol–water partition coefficient (Wildman–Crippen LogP) is 2.50. The maximum absolute atomic E-state index is 11.5. The number of rotatable bonds is 3. The maximum atomic E-state index is 11.5. The number of amides is 1. The largest absolute Gasteiger partial charge is 0.444 e. The van der Waals surface area contributed by atoms with E-state index >= 15 is 0 Å². The van der Waals surface area contributed by atoms with Crippen molar-refractivity contribution in [3.8, 4) is 11.3 Å². The van der Waals surface area contributed by atoms with Gasteiger partial charge in [0.1, 0.15) is 11.3 Å². The topological polar surface area (TPSA) is 79.9 Å². The van der Waals surface area contributed by atoms with Crippen LogP contribution in [0.25, 0.3) is 11.3 Å². The van der Waals surface area contributed by atoms with Gasteiger partial charge in [-0.25, -0.2) is 4.79 Å². The van der Waals surface area contributed by atoms with Crippen LogP contribution in [0.3, 0.4) is 0 Å². The summed E-state index contributed by atoms with van der Waals surface area (Å²) in [6.45, 7) is 5.92. The molecule has 2 aromatic rings. The molecule has 1 aromatic heterocycles. The molecule has 0 saturated heterocycles. The van der Waals surface area contributed by atoms with E-state index in [4.69, 9.17) is 4.74 Å². The van der Waals surface area contributed by atoms with Crippen LogP contribution < -0.4 is 5.32 Å². The summed E-state index contributed by atoms with van der Waals surface area (Å²) in [5.74, 6) is 0. The molecule has 0 spiro atoms. The van der Waals surface area contributed by atoms with Crippen LogP contribution in [0.5, 0.6) is 0 Å². The van der Waals surface area contributed by atoms with Gasteiger partial charge >= 0.3 is 6.09 Å². The molecule has 2 N–H and O–H groups in total. The molecule has 1 aromatic carbocycles. The van der Waals surface area contributed by atoms with Gasteiger partial charge < -0.3 is 10.1 Å². The van der Waals surface area contributed by atoms with Crippen LogP contribution in [0.2, 0.25) is 0 Å². The van der Waals surface area contributed by atoms with E-state index in [0.29, 0.717) is 6.54 Å². The van der Waals surface area contributed by atoms with Crippen molar-refractivity contribution >= 4 is 6.09 Å². The second kappa shape index (κ2) is 5.73. The summed E-state index contributed by atoms with van der Waals surface area (Å²) in [4.78, 5) is 11.5. The highest BCUT2D eigenvalue weighted by Crippen LogP contribution is 2.15. The van der Waals surface area contributed by atoms with E-state index in [-0.39, 0.29) is 0 Å². The third kappa shape index (κ3) is 4.08. The van der Waals surface area contributed by atoms with E-state index in [1.165, 1.54) is 0 Å². The molecule has 1 amide bonds. The fourth-order valence-electron chi connectivity index (χ4n) is 1.62. The van der Waals surface area contributed by atoms with Gasteiger partial charge in [-0.2, -0.15) is 0 Å². The number of carbonyl (C=O) groups is 1. The van der Waals surface area contributed by atoms with E-state index < -0.39 is 11.7 Å². The maximum Gasteiger partial charge on any atom is 0.407 e. The monoisotopic (exact) mass is 274 g/mol. The second-order valence-corrected chi connectivity index (χ2v) is 5.41. The number of benzene rings is 1. The van der Waals surface area contributed by atoms with Gasteiger partial charge in [0.15, 0.2) is 0 Å². The number of nitrogens with one attached hydrogen (secondary N) is 2.